The Labute approximate surface area is 120 Å². The van der Waals surface area contributed by atoms with Crippen molar-refractivity contribution in [1.29, 1.82) is 0 Å². The molecule has 0 atom stereocenters. The maximum Gasteiger partial charge on any atom is 0.257 e. The van der Waals surface area contributed by atoms with Crippen LogP contribution in [0.2, 0.25) is 0 Å². The van der Waals surface area contributed by atoms with Crippen LogP contribution in [0, 0.1) is 5.92 Å². The number of nitrogens with zero attached hydrogens (tertiary/aromatic N) is 2. The van der Waals surface area contributed by atoms with Gasteiger partial charge in [0, 0.05) is 32.7 Å². The highest BCUT2D eigenvalue weighted by Crippen LogP contribution is 2.30. The van der Waals surface area contributed by atoms with Gasteiger partial charge in [-0.3, -0.25) is 9.69 Å². The number of ether oxygens (including phenoxy) is 1. The van der Waals surface area contributed by atoms with Gasteiger partial charge in [-0.05, 0) is 30.9 Å². The summed E-state index contributed by atoms with van der Waals surface area (Å²) in [5.41, 5.74) is 0.672. The van der Waals surface area contributed by atoms with E-state index >= 15 is 0 Å². The first-order valence-corrected chi connectivity index (χ1v) is 7.42. The van der Waals surface area contributed by atoms with Gasteiger partial charge in [-0.1, -0.05) is 12.1 Å². The molecule has 1 aliphatic carbocycles. The van der Waals surface area contributed by atoms with Crippen molar-refractivity contribution in [1.82, 2.24) is 9.80 Å². The highest BCUT2D eigenvalue weighted by molar-refractivity contribution is 5.97. The molecule has 0 spiro atoms. The number of methoxy groups -OCH3 is 1. The molecule has 4 heteroatoms. The lowest BCUT2D eigenvalue weighted by molar-refractivity contribution is 0.0629. The third-order valence-corrected chi connectivity index (χ3v) is 4.21. The molecule has 3 rings (SSSR count). The van der Waals surface area contributed by atoms with Gasteiger partial charge in [-0.15, -0.1) is 0 Å². The summed E-state index contributed by atoms with van der Waals surface area (Å²) < 4.78 is 5.28. The Morgan fingerprint density at radius 3 is 2.55 bits per heavy atom. The molecule has 4 nitrogen and oxygen atoms in total. The standard InChI is InChI=1S/C16H22N2O2/c1-20-15-5-3-2-4-14(15)16(19)18-10-8-17(9-11-18)12-13-6-7-13/h2-5,13H,6-12H2,1H3. The number of benzene rings is 1. The lowest BCUT2D eigenvalue weighted by atomic mass is 10.1. The first-order valence-electron chi connectivity index (χ1n) is 7.42. The average molecular weight is 274 g/mol. The maximum absolute atomic E-state index is 12.5. The van der Waals surface area contributed by atoms with Crippen LogP contribution in [-0.4, -0.2) is 55.5 Å². The Bertz CT molecular complexity index is 477. The molecule has 1 saturated heterocycles. The second-order valence-electron chi connectivity index (χ2n) is 5.74. The van der Waals surface area contributed by atoms with E-state index in [2.05, 4.69) is 4.90 Å². The van der Waals surface area contributed by atoms with Gasteiger partial charge < -0.3 is 9.64 Å². The number of carbonyl (C=O) groups excluding carboxylic acids is 1. The van der Waals surface area contributed by atoms with Gasteiger partial charge in [0.25, 0.3) is 5.91 Å². The molecule has 2 fully saturated rings. The first-order chi connectivity index (χ1) is 9.78. The Balaban J connectivity index is 1.60. The zero-order valence-corrected chi connectivity index (χ0v) is 12.0. The van der Waals surface area contributed by atoms with E-state index < -0.39 is 0 Å². The SMILES string of the molecule is COc1ccccc1C(=O)N1CCN(CC2CC2)CC1. The fourth-order valence-corrected chi connectivity index (χ4v) is 2.79. The van der Waals surface area contributed by atoms with Crippen LogP contribution in [0.25, 0.3) is 0 Å². The molecule has 1 aliphatic heterocycles. The average Bonchev–Trinajstić information content (AvgIpc) is 3.31. The Morgan fingerprint density at radius 1 is 1.20 bits per heavy atom. The topological polar surface area (TPSA) is 32.8 Å². The predicted molar refractivity (Wildman–Crippen MR) is 78.1 cm³/mol. The van der Waals surface area contributed by atoms with Gasteiger partial charge >= 0.3 is 0 Å². The van der Waals surface area contributed by atoms with Crippen LogP contribution in [0.4, 0.5) is 0 Å². The predicted octanol–water partition coefficient (Wildman–Crippen LogP) is 1.86. The molecule has 0 unspecified atom stereocenters. The van der Waals surface area contributed by atoms with E-state index in [0.29, 0.717) is 11.3 Å². The molecule has 20 heavy (non-hydrogen) atoms. The van der Waals surface area contributed by atoms with Crippen molar-refractivity contribution in [2.45, 2.75) is 12.8 Å². The number of piperazine rings is 1. The van der Waals surface area contributed by atoms with Crippen molar-refractivity contribution in [3.05, 3.63) is 29.8 Å². The molecule has 2 aliphatic rings. The number of carbonyl (C=O) groups is 1. The lowest BCUT2D eigenvalue weighted by Crippen LogP contribution is -2.49. The summed E-state index contributed by atoms with van der Waals surface area (Å²) in [7, 11) is 1.61. The van der Waals surface area contributed by atoms with Gasteiger partial charge in [0.15, 0.2) is 0 Å². The van der Waals surface area contributed by atoms with Crippen LogP contribution in [0.5, 0.6) is 5.75 Å². The molecule has 1 saturated carbocycles. The molecule has 108 valence electrons. The number of hydrogen-bond donors (Lipinski definition) is 0. The lowest BCUT2D eigenvalue weighted by Gasteiger charge is -2.35. The van der Waals surface area contributed by atoms with Crippen LogP contribution in [0.15, 0.2) is 24.3 Å². The second-order valence-corrected chi connectivity index (χ2v) is 5.74. The Hall–Kier alpha value is -1.55. The Kier molecular flexibility index (Phi) is 3.92. The van der Waals surface area contributed by atoms with E-state index in [4.69, 9.17) is 4.74 Å². The highest BCUT2D eigenvalue weighted by Gasteiger charge is 2.28. The second kappa shape index (κ2) is 5.83. The molecular formula is C16H22N2O2. The molecule has 1 aromatic carbocycles. The Morgan fingerprint density at radius 2 is 1.90 bits per heavy atom. The van der Waals surface area contributed by atoms with Crippen molar-refractivity contribution in [2.75, 3.05) is 39.8 Å². The summed E-state index contributed by atoms with van der Waals surface area (Å²) in [6.45, 7) is 4.86. The third kappa shape index (κ3) is 2.96. The van der Waals surface area contributed by atoms with Gasteiger partial charge in [0.05, 0.1) is 12.7 Å². The van der Waals surface area contributed by atoms with Crippen molar-refractivity contribution >= 4 is 5.91 Å². The van der Waals surface area contributed by atoms with Gasteiger partial charge in [-0.2, -0.15) is 0 Å². The van der Waals surface area contributed by atoms with Crippen LogP contribution in [0.1, 0.15) is 23.2 Å². The van der Waals surface area contributed by atoms with Crippen molar-refractivity contribution in [3.8, 4) is 5.75 Å². The minimum atomic E-state index is 0.0912. The largest absolute Gasteiger partial charge is 0.496 e. The number of hydrogen-bond acceptors (Lipinski definition) is 3. The van der Waals surface area contributed by atoms with E-state index in [1.54, 1.807) is 7.11 Å². The van der Waals surface area contributed by atoms with Crippen LogP contribution < -0.4 is 4.74 Å². The molecule has 1 amide bonds. The zero-order chi connectivity index (χ0) is 13.9. The molecular weight excluding hydrogens is 252 g/mol. The molecule has 1 heterocycles. The maximum atomic E-state index is 12.5. The van der Waals surface area contributed by atoms with Crippen molar-refractivity contribution in [3.63, 3.8) is 0 Å². The van der Waals surface area contributed by atoms with Gasteiger partial charge in [0.2, 0.25) is 0 Å². The quantitative estimate of drug-likeness (QED) is 0.840. The van der Waals surface area contributed by atoms with E-state index in [-0.39, 0.29) is 5.91 Å². The molecule has 0 N–H and O–H groups in total. The molecule has 0 aromatic heterocycles. The molecule has 0 bridgehead atoms. The van der Waals surface area contributed by atoms with Crippen LogP contribution in [0.3, 0.4) is 0 Å². The fraction of sp³-hybridized carbons (Fsp3) is 0.562. The van der Waals surface area contributed by atoms with Crippen LogP contribution in [-0.2, 0) is 0 Å². The smallest absolute Gasteiger partial charge is 0.257 e. The summed E-state index contributed by atoms with van der Waals surface area (Å²) in [4.78, 5) is 17.0. The van der Waals surface area contributed by atoms with Gasteiger partial charge in [-0.25, -0.2) is 0 Å². The van der Waals surface area contributed by atoms with Crippen molar-refractivity contribution < 1.29 is 9.53 Å². The molecule has 1 aromatic rings. The zero-order valence-electron chi connectivity index (χ0n) is 12.0. The fourth-order valence-electron chi connectivity index (χ4n) is 2.79. The number of amides is 1. The monoisotopic (exact) mass is 274 g/mol. The summed E-state index contributed by atoms with van der Waals surface area (Å²) in [5.74, 6) is 1.68. The number of para-hydroxylation sites is 1. The van der Waals surface area contributed by atoms with E-state index in [9.17, 15) is 4.79 Å². The molecule has 0 radical (unpaired) electrons. The van der Waals surface area contributed by atoms with Gasteiger partial charge in [0.1, 0.15) is 5.75 Å². The van der Waals surface area contributed by atoms with Crippen molar-refractivity contribution in [2.24, 2.45) is 5.92 Å². The highest BCUT2D eigenvalue weighted by atomic mass is 16.5. The van der Waals surface area contributed by atoms with E-state index in [1.165, 1.54) is 19.4 Å². The minimum Gasteiger partial charge on any atom is -0.496 e. The summed E-state index contributed by atoms with van der Waals surface area (Å²) in [5, 5.41) is 0. The first kappa shape index (κ1) is 13.4. The normalized spacial score (nSPS) is 19.9. The van der Waals surface area contributed by atoms with Crippen LogP contribution >= 0.6 is 0 Å². The summed E-state index contributed by atoms with van der Waals surface area (Å²) >= 11 is 0. The summed E-state index contributed by atoms with van der Waals surface area (Å²) in [6, 6.07) is 7.47. The third-order valence-electron chi connectivity index (χ3n) is 4.21. The van der Waals surface area contributed by atoms with E-state index in [1.807, 2.05) is 29.2 Å². The number of rotatable bonds is 4. The minimum absolute atomic E-state index is 0.0912. The summed E-state index contributed by atoms with van der Waals surface area (Å²) in [6.07, 6.45) is 2.78. The van der Waals surface area contributed by atoms with E-state index in [0.717, 1.165) is 32.1 Å².